The quantitative estimate of drug-likeness (QED) is 0.703. The van der Waals surface area contributed by atoms with Gasteiger partial charge in [-0.3, -0.25) is 4.90 Å². The number of rotatable bonds is 5. The number of hydrogen-bond acceptors (Lipinski definition) is 4. The fourth-order valence-corrected chi connectivity index (χ4v) is 3.62. The molecule has 2 aromatic carbocycles. The zero-order valence-electron chi connectivity index (χ0n) is 14.2. The summed E-state index contributed by atoms with van der Waals surface area (Å²) in [6.45, 7) is 6.12. The second-order valence-corrected chi connectivity index (χ2v) is 6.83. The fourth-order valence-electron chi connectivity index (χ4n) is 3.36. The third-order valence-electron chi connectivity index (χ3n) is 4.73. The van der Waals surface area contributed by atoms with E-state index in [9.17, 15) is 0 Å². The van der Waals surface area contributed by atoms with E-state index in [0.29, 0.717) is 0 Å². The van der Waals surface area contributed by atoms with Crippen molar-refractivity contribution in [3.63, 3.8) is 0 Å². The van der Waals surface area contributed by atoms with Gasteiger partial charge in [-0.2, -0.15) is 15.0 Å². The molecule has 3 aromatic rings. The number of halogens is 1. The van der Waals surface area contributed by atoms with Gasteiger partial charge in [0, 0.05) is 32.7 Å². The molecule has 4 rings (SSSR count). The normalized spacial score (nSPS) is 15.8. The van der Waals surface area contributed by atoms with Crippen molar-refractivity contribution < 1.29 is 0 Å². The monoisotopic (exact) mass is 355 g/mol. The molecule has 0 radical (unpaired) electrons. The second kappa shape index (κ2) is 7.42. The van der Waals surface area contributed by atoms with Crippen LogP contribution in [-0.2, 0) is 6.54 Å². The predicted octanol–water partition coefficient (Wildman–Crippen LogP) is 3.30. The largest absolute Gasteiger partial charge is 0.368 e. The SMILES string of the molecule is Clc1ccccc1N1CCN(CCCn2nc3ccccc3n2)CC1. The van der Waals surface area contributed by atoms with Gasteiger partial charge in [-0.25, -0.2) is 0 Å². The van der Waals surface area contributed by atoms with Crippen molar-refractivity contribution in [2.45, 2.75) is 13.0 Å². The minimum absolute atomic E-state index is 0.841. The smallest absolute Gasteiger partial charge is 0.113 e. The van der Waals surface area contributed by atoms with Crippen LogP contribution in [0.25, 0.3) is 11.0 Å². The molecule has 0 amide bonds. The topological polar surface area (TPSA) is 37.2 Å². The van der Waals surface area contributed by atoms with Gasteiger partial charge < -0.3 is 4.90 Å². The number of piperazine rings is 1. The Morgan fingerprint density at radius 3 is 2.12 bits per heavy atom. The van der Waals surface area contributed by atoms with Crippen molar-refractivity contribution >= 4 is 28.3 Å². The first kappa shape index (κ1) is 16.4. The van der Waals surface area contributed by atoms with Crippen LogP contribution in [0.1, 0.15) is 6.42 Å². The summed E-state index contributed by atoms with van der Waals surface area (Å²) in [5.74, 6) is 0. The lowest BCUT2D eigenvalue weighted by atomic mass is 10.2. The molecule has 6 heteroatoms. The number of anilines is 1. The number of para-hydroxylation sites is 1. The minimum Gasteiger partial charge on any atom is -0.368 e. The Labute approximate surface area is 152 Å². The highest BCUT2D eigenvalue weighted by Crippen LogP contribution is 2.26. The average molecular weight is 356 g/mol. The van der Waals surface area contributed by atoms with Crippen LogP contribution in [0, 0.1) is 0 Å². The van der Waals surface area contributed by atoms with Crippen LogP contribution in [-0.4, -0.2) is 52.6 Å². The molecular formula is C19H22ClN5. The van der Waals surface area contributed by atoms with E-state index in [1.165, 1.54) is 0 Å². The number of aryl methyl sites for hydroxylation is 1. The number of fused-ring (bicyclic) bond motifs is 1. The van der Waals surface area contributed by atoms with Crippen LogP contribution in [0.15, 0.2) is 48.5 Å². The Morgan fingerprint density at radius 1 is 0.800 bits per heavy atom. The van der Waals surface area contributed by atoms with Crippen molar-refractivity contribution in [2.75, 3.05) is 37.6 Å². The maximum Gasteiger partial charge on any atom is 0.113 e. The number of aromatic nitrogens is 3. The lowest BCUT2D eigenvalue weighted by Gasteiger charge is -2.36. The maximum atomic E-state index is 6.31. The average Bonchev–Trinajstić information content (AvgIpc) is 3.06. The lowest BCUT2D eigenvalue weighted by Crippen LogP contribution is -2.46. The Balaban J connectivity index is 1.25. The van der Waals surface area contributed by atoms with Crippen molar-refractivity contribution in [3.05, 3.63) is 53.6 Å². The molecule has 1 saturated heterocycles. The number of benzene rings is 2. The van der Waals surface area contributed by atoms with Crippen LogP contribution >= 0.6 is 11.6 Å². The maximum absolute atomic E-state index is 6.31. The molecule has 1 aliphatic rings. The van der Waals surface area contributed by atoms with Gasteiger partial charge in [0.15, 0.2) is 0 Å². The molecule has 0 bridgehead atoms. The standard InChI is InChI=1S/C19H22ClN5/c20-16-6-1-4-9-19(16)24-14-12-23(13-15-24)10-5-11-25-21-17-7-2-3-8-18(17)22-25/h1-4,6-9H,5,10-15H2. The molecule has 0 atom stereocenters. The van der Waals surface area contributed by atoms with Gasteiger partial charge >= 0.3 is 0 Å². The molecule has 0 aliphatic carbocycles. The van der Waals surface area contributed by atoms with Crippen LogP contribution in [0.4, 0.5) is 5.69 Å². The van der Waals surface area contributed by atoms with Gasteiger partial charge in [-0.05, 0) is 30.7 Å². The van der Waals surface area contributed by atoms with Gasteiger partial charge in [-0.15, -0.1) is 0 Å². The summed E-state index contributed by atoms with van der Waals surface area (Å²) in [7, 11) is 0. The van der Waals surface area contributed by atoms with Crippen LogP contribution in [0.3, 0.4) is 0 Å². The van der Waals surface area contributed by atoms with Crippen LogP contribution in [0.2, 0.25) is 5.02 Å². The van der Waals surface area contributed by atoms with Gasteiger partial charge in [-0.1, -0.05) is 35.9 Å². The zero-order chi connectivity index (χ0) is 17.1. The zero-order valence-corrected chi connectivity index (χ0v) is 14.9. The summed E-state index contributed by atoms with van der Waals surface area (Å²) in [5, 5.41) is 9.88. The van der Waals surface area contributed by atoms with Gasteiger partial charge in [0.2, 0.25) is 0 Å². The van der Waals surface area contributed by atoms with Crippen molar-refractivity contribution in [2.24, 2.45) is 0 Å². The van der Waals surface area contributed by atoms with E-state index in [-0.39, 0.29) is 0 Å². The third-order valence-corrected chi connectivity index (χ3v) is 5.05. The van der Waals surface area contributed by atoms with E-state index in [0.717, 1.165) is 67.4 Å². The molecule has 5 nitrogen and oxygen atoms in total. The molecule has 1 aliphatic heterocycles. The van der Waals surface area contributed by atoms with E-state index in [1.807, 2.05) is 41.2 Å². The Kier molecular flexibility index (Phi) is 4.85. The van der Waals surface area contributed by atoms with E-state index >= 15 is 0 Å². The van der Waals surface area contributed by atoms with Gasteiger partial charge in [0.1, 0.15) is 11.0 Å². The summed E-state index contributed by atoms with van der Waals surface area (Å²) in [4.78, 5) is 6.71. The molecule has 1 aromatic heterocycles. The molecule has 0 spiro atoms. The number of hydrogen-bond donors (Lipinski definition) is 0. The molecule has 2 heterocycles. The second-order valence-electron chi connectivity index (χ2n) is 6.42. The van der Waals surface area contributed by atoms with Crippen molar-refractivity contribution in [1.29, 1.82) is 0 Å². The van der Waals surface area contributed by atoms with E-state index in [4.69, 9.17) is 11.6 Å². The van der Waals surface area contributed by atoms with Crippen molar-refractivity contribution in [3.8, 4) is 0 Å². The molecule has 1 fully saturated rings. The Hall–Kier alpha value is -2.11. The van der Waals surface area contributed by atoms with E-state index in [1.54, 1.807) is 0 Å². The summed E-state index contributed by atoms with van der Waals surface area (Å²) in [6, 6.07) is 16.1. The first-order chi connectivity index (χ1) is 12.3. The van der Waals surface area contributed by atoms with E-state index in [2.05, 4.69) is 32.1 Å². The highest BCUT2D eigenvalue weighted by atomic mass is 35.5. The van der Waals surface area contributed by atoms with Crippen molar-refractivity contribution in [1.82, 2.24) is 19.9 Å². The first-order valence-electron chi connectivity index (χ1n) is 8.81. The Bertz CT molecular complexity index is 805. The Morgan fingerprint density at radius 2 is 1.44 bits per heavy atom. The fraction of sp³-hybridized carbons (Fsp3) is 0.368. The third kappa shape index (κ3) is 3.78. The minimum atomic E-state index is 0.841. The molecule has 130 valence electrons. The number of nitrogens with zero attached hydrogens (tertiary/aromatic N) is 5. The van der Waals surface area contributed by atoms with E-state index < -0.39 is 0 Å². The van der Waals surface area contributed by atoms with Gasteiger partial charge in [0.25, 0.3) is 0 Å². The molecule has 0 unspecified atom stereocenters. The lowest BCUT2D eigenvalue weighted by molar-refractivity contribution is 0.247. The summed E-state index contributed by atoms with van der Waals surface area (Å²) in [5.41, 5.74) is 3.09. The van der Waals surface area contributed by atoms with Crippen LogP contribution < -0.4 is 4.90 Å². The molecular weight excluding hydrogens is 334 g/mol. The highest BCUT2D eigenvalue weighted by molar-refractivity contribution is 6.33. The predicted molar refractivity (Wildman–Crippen MR) is 102 cm³/mol. The van der Waals surface area contributed by atoms with Gasteiger partial charge in [0.05, 0.1) is 17.3 Å². The first-order valence-corrected chi connectivity index (χ1v) is 9.19. The molecule has 0 saturated carbocycles. The molecule has 25 heavy (non-hydrogen) atoms. The highest BCUT2D eigenvalue weighted by Gasteiger charge is 2.18. The van der Waals surface area contributed by atoms with Crippen LogP contribution in [0.5, 0.6) is 0 Å². The molecule has 0 N–H and O–H groups in total. The summed E-state index contributed by atoms with van der Waals surface area (Å²) >= 11 is 6.31. The summed E-state index contributed by atoms with van der Waals surface area (Å²) in [6.07, 6.45) is 1.06. The summed E-state index contributed by atoms with van der Waals surface area (Å²) < 4.78 is 0.